The molecule has 2 aromatic rings. The number of halogens is 1. The molecule has 0 bridgehead atoms. The van der Waals surface area contributed by atoms with Gasteiger partial charge in [0, 0.05) is 26.3 Å². The second kappa shape index (κ2) is 4.98. The molecule has 0 radical (unpaired) electrons. The van der Waals surface area contributed by atoms with Gasteiger partial charge in [0.05, 0.1) is 5.39 Å². The van der Waals surface area contributed by atoms with Crippen LogP contribution in [0.5, 0.6) is 0 Å². The Kier molecular flexibility index (Phi) is 3.27. The molecule has 0 spiro atoms. The minimum absolute atomic E-state index is 0.0572. The van der Waals surface area contributed by atoms with Gasteiger partial charge in [-0.2, -0.15) is 4.98 Å². The highest BCUT2D eigenvalue weighted by Gasteiger charge is 2.30. The number of nitrogens with zero attached hydrogens (tertiary/aromatic N) is 4. The summed E-state index contributed by atoms with van der Waals surface area (Å²) in [5, 5.41) is 0.251. The fourth-order valence-corrected chi connectivity index (χ4v) is 2.99. The molecule has 1 aliphatic carbocycles. The molecular formula is C14H18FN5O. The van der Waals surface area contributed by atoms with Crippen molar-refractivity contribution in [2.75, 3.05) is 19.8 Å². The summed E-state index contributed by atoms with van der Waals surface area (Å²) in [6, 6.07) is 0.0881. The maximum atomic E-state index is 14.7. The van der Waals surface area contributed by atoms with E-state index in [0.717, 1.165) is 25.7 Å². The number of nitrogens with two attached hydrogens (primary N) is 1. The van der Waals surface area contributed by atoms with Crippen LogP contribution in [0, 0.1) is 5.82 Å². The van der Waals surface area contributed by atoms with Gasteiger partial charge in [0.15, 0.2) is 5.82 Å². The first-order valence-corrected chi connectivity index (χ1v) is 7.04. The van der Waals surface area contributed by atoms with Crippen molar-refractivity contribution in [3.05, 3.63) is 17.7 Å². The quantitative estimate of drug-likeness (QED) is 0.917. The lowest BCUT2D eigenvalue weighted by atomic mass is 10.2. The van der Waals surface area contributed by atoms with Gasteiger partial charge in [0.25, 0.3) is 5.91 Å². The maximum absolute atomic E-state index is 14.7. The molecule has 0 aromatic carbocycles. The number of carbonyl (C=O) groups excluding carboxylic acids is 1. The van der Waals surface area contributed by atoms with Crippen LogP contribution in [0.2, 0.25) is 0 Å². The van der Waals surface area contributed by atoms with E-state index in [1.165, 1.54) is 11.1 Å². The van der Waals surface area contributed by atoms with Crippen LogP contribution in [0.25, 0.3) is 11.0 Å². The van der Waals surface area contributed by atoms with Crippen LogP contribution in [0.4, 0.5) is 10.3 Å². The Hall–Kier alpha value is -2.18. The van der Waals surface area contributed by atoms with Gasteiger partial charge in [-0.25, -0.2) is 9.37 Å². The Bertz CT molecular complexity index is 703. The zero-order valence-corrected chi connectivity index (χ0v) is 12.1. The molecule has 21 heavy (non-hydrogen) atoms. The van der Waals surface area contributed by atoms with Crippen molar-refractivity contribution in [2.45, 2.75) is 31.7 Å². The molecule has 112 valence electrons. The molecule has 1 amide bonds. The van der Waals surface area contributed by atoms with E-state index in [-0.39, 0.29) is 29.0 Å². The fraction of sp³-hybridized carbons (Fsp3) is 0.500. The molecular weight excluding hydrogens is 273 g/mol. The molecule has 1 aliphatic rings. The summed E-state index contributed by atoms with van der Waals surface area (Å²) < 4.78 is 16.4. The van der Waals surface area contributed by atoms with E-state index < -0.39 is 5.82 Å². The summed E-state index contributed by atoms with van der Waals surface area (Å²) >= 11 is 0. The van der Waals surface area contributed by atoms with E-state index in [4.69, 9.17) is 5.73 Å². The van der Waals surface area contributed by atoms with Crippen molar-refractivity contribution in [3.63, 3.8) is 0 Å². The predicted octanol–water partition coefficient (Wildman–Crippen LogP) is 1.97. The summed E-state index contributed by atoms with van der Waals surface area (Å²) in [5.74, 6) is -0.838. The van der Waals surface area contributed by atoms with Crippen molar-refractivity contribution in [2.24, 2.45) is 0 Å². The lowest BCUT2D eigenvalue weighted by Crippen LogP contribution is -2.26. The lowest BCUT2D eigenvalue weighted by Gasteiger charge is -2.18. The second-order valence-corrected chi connectivity index (χ2v) is 5.64. The Morgan fingerprint density at radius 3 is 2.71 bits per heavy atom. The number of hydrogen-bond donors (Lipinski definition) is 1. The van der Waals surface area contributed by atoms with Crippen molar-refractivity contribution in [3.8, 4) is 0 Å². The lowest BCUT2D eigenvalue weighted by molar-refractivity contribution is 0.0810. The zero-order chi connectivity index (χ0) is 15.1. The second-order valence-electron chi connectivity index (χ2n) is 5.64. The van der Waals surface area contributed by atoms with Gasteiger partial charge in [-0.1, -0.05) is 12.8 Å². The number of anilines is 1. The van der Waals surface area contributed by atoms with Gasteiger partial charge < -0.3 is 15.2 Å². The number of fused-ring (bicyclic) bond motifs is 1. The average molecular weight is 291 g/mol. The summed E-state index contributed by atoms with van der Waals surface area (Å²) in [7, 11) is 3.22. The molecule has 6 nitrogen and oxygen atoms in total. The van der Waals surface area contributed by atoms with Crippen molar-refractivity contribution in [1.82, 2.24) is 19.4 Å². The van der Waals surface area contributed by atoms with E-state index in [1.807, 2.05) is 0 Å². The van der Waals surface area contributed by atoms with Crippen LogP contribution in [-0.2, 0) is 0 Å². The molecule has 1 saturated carbocycles. The SMILES string of the molecule is CN(C)C(=O)c1c(F)c2cnc(N)nc2n1C1CCCC1. The highest BCUT2D eigenvalue weighted by atomic mass is 19.1. The first-order valence-electron chi connectivity index (χ1n) is 7.04. The van der Waals surface area contributed by atoms with E-state index in [2.05, 4.69) is 9.97 Å². The van der Waals surface area contributed by atoms with Gasteiger partial charge in [-0.15, -0.1) is 0 Å². The highest BCUT2D eigenvalue weighted by Crippen LogP contribution is 2.36. The summed E-state index contributed by atoms with van der Waals surface area (Å²) in [4.78, 5) is 21.8. The van der Waals surface area contributed by atoms with Gasteiger partial charge in [0.2, 0.25) is 5.95 Å². The van der Waals surface area contributed by atoms with Crippen LogP contribution in [0.1, 0.15) is 42.2 Å². The third-order valence-corrected chi connectivity index (χ3v) is 4.00. The third kappa shape index (κ3) is 2.12. The number of rotatable bonds is 2. The van der Waals surface area contributed by atoms with Crippen LogP contribution in [0.3, 0.4) is 0 Å². The van der Waals surface area contributed by atoms with Gasteiger partial charge in [-0.05, 0) is 12.8 Å². The standard InChI is InChI=1S/C14H18FN5O/c1-19(2)13(21)11-10(15)9-7-17-14(16)18-12(9)20(11)8-5-3-4-6-8/h7-8H,3-6H2,1-2H3,(H2,16,17,18). The minimum Gasteiger partial charge on any atom is -0.368 e. The summed E-state index contributed by atoms with van der Waals surface area (Å²) in [5.41, 5.74) is 6.10. The number of hydrogen-bond acceptors (Lipinski definition) is 4. The van der Waals surface area contributed by atoms with E-state index in [0.29, 0.717) is 5.65 Å². The molecule has 2 aromatic heterocycles. The molecule has 0 unspecified atom stereocenters. The minimum atomic E-state index is -0.560. The topological polar surface area (TPSA) is 77.0 Å². The monoisotopic (exact) mass is 291 g/mol. The van der Waals surface area contributed by atoms with Crippen LogP contribution < -0.4 is 5.73 Å². The Balaban J connectivity index is 2.30. The number of aromatic nitrogens is 3. The van der Waals surface area contributed by atoms with Crippen LogP contribution in [0.15, 0.2) is 6.20 Å². The maximum Gasteiger partial charge on any atom is 0.273 e. The number of carbonyl (C=O) groups is 1. The van der Waals surface area contributed by atoms with Crippen molar-refractivity contribution >= 4 is 22.9 Å². The highest BCUT2D eigenvalue weighted by molar-refractivity contribution is 5.98. The normalized spacial score (nSPS) is 15.8. The van der Waals surface area contributed by atoms with Gasteiger partial charge in [-0.3, -0.25) is 4.79 Å². The fourth-order valence-electron chi connectivity index (χ4n) is 2.99. The molecule has 0 saturated heterocycles. The third-order valence-electron chi connectivity index (χ3n) is 4.00. The molecule has 2 heterocycles. The Morgan fingerprint density at radius 2 is 2.10 bits per heavy atom. The predicted molar refractivity (Wildman–Crippen MR) is 77.4 cm³/mol. The smallest absolute Gasteiger partial charge is 0.273 e. The average Bonchev–Trinajstić information content (AvgIpc) is 3.04. The Labute approximate surface area is 121 Å². The van der Waals surface area contributed by atoms with Gasteiger partial charge >= 0.3 is 0 Å². The van der Waals surface area contributed by atoms with E-state index >= 15 is 0 Å². The largest absolute Gasteiger partial charge is 0.368 e. The zero-order valence-electron chi connectivity index (χ0n) is 12.1. The van der Waals surface area contributed by atoms with E-state index in [9.17, 15) is 9.18 Å². The first-order chi connectivity index (χ1) is 10.0. The molecule has 0 atom stereocenters. The van der Waals surface area contributed by atoms with Crippen LogP contribution >= 0.6 is 0 Å². The molecule has 7 heteroatoms. The number of amides is 1. The summed E-state index contributed by atoms with van der Waals surface area (Å²) in [6.07, 6.45) is 5.33. The Morgan fingerprint density at radius 1 is 1.43 bits per heavy atom. The molecule has 0 aliphatic heterocycles. The van der Waals surface area contributed by atoms with Gasteiger partial charge in [0.1, 0.15) is 11.3 Å². The number of nitrogen functional groups attached to an aromatic ring is 1. The molecule has 2 N–H and O–H groups in total. The van der Waals surface area contributed by atoms with E-state index in [1.54, 1.807) is 18.7 Å². The van der Waals surface area contributed by atoms with Crippen molar-refractivity contribution in [1.29, 1.82) is 0 Å². The molecule has 1 fully saturated rings. The molecule has 3 rings (SSSR count). The van der Waals surface area contributed by atoms with Crippen molar-refractivity contribution < 1.29 is 9.18 Å². The van der Waals surface area contributed by atoms with Crippen LogP contribution in [-0.4, -0.2) is 39.4 Å². The first kappa shape index (κ1) is 13.8. The summed E-state index contributed by atoms with van der Waals surface area (Å²) in [6.45, 7) is 0.